The number of benzene rings is 1. The van der Waals surface area contributed by atoms with Gasteiger partial charge in [-0.15, -0.1) is 11.8 Å². The number of nitrogens with zero attached hydrogens (tertiary/aromatic N) is 2. The topological polar surface area (TPSA) is 38.5 Å². The normalized spacial score (nSPS) is 17.1. The van der Waals surface area contributed by atoms with Crippen LogP contribution in [0.3, 0.4) is 0 Å². The van der Waals surface area contributed by atoms with Crippen molar-refractivity contribution in [2.45, 2.75) is 17.9 Å². The van der Waals surface area contributed by atoms with Crippen LogP contribution in [0.2, 0.25) is 0 Å². The van der Waals surface area contributed by atoms with Gasteiger partial charge in [-0.05, 0) is 24.6 Å². The molecule has 0 radical (unpaired) electrons. The Morgan fingerprint density at radius 1 is 1.45 bits per heavy atom. The van der Waals surface area contributed by atoms with Crippen LogP contribution in [0.5, 0.6) is 5.75 Å². The summed E-state index contributed by atoms with van der Waals surface area (Å²) in [6.07, 6.45) is 1.14. The molecular weight excluding hydrogens is 270 g/mol. The number of rotatable bonds is 3. The van der Waals surface area contributed by atoms with Gasteiger partial charge in [0.1, 0.15) is 11.6 Å². The fourth-order valence-electron chi connectivity index (χ4n) is 3.03. The van der Waals surface area contributed by atoms with Crippen LogP contribution in [-0.4, -0.2) is 36.4 Å². The fraction of sp³-hybridized carbons (Fsp3) is 0.400. The Morgan fingerprint density at radius 3 is 3.20 bits per heavy atom. The van der Waals surface area contributed by atoms with Gasteiger partial charge in [0.05, 0.1) is 25.7 Å². The molecule has 2 aromatic rings. The van der Waals surface area contributed by atoms with E-state index in [1.54, 1.807) is 7.11 Å². The van der Waals surface area contributed by atoms with Crippen LogP contribution in [0.4, 0.5) is 0 Å². The molecular formula is C15H17N3OS. The molecule has 2 aliphatic rings. The molecule has 1 N–H and O–H groups in total. The molecule has 20 heavy (non-hydrogen) atoms. The van der Waals surface area contributed by atoms with Crippen LogP contribution < -0.4 is 10.1 Å². The van der Waals surface area contributed by atoms with Crippen LogP contribution in [0, 0.1) is 0 Å². The van der Waals surface area contributed by atoms with Gasteiger partial charge >= 0.3 is 0 Å². The maximum absolute atomic E-state index is 5.37. The Kier molecular flexibility index (Phi) is 2.88. The zero-order chi connectivity index (χ0) is 13.5. The van der Waals surface area contributed by atoms with E-state index >= 15 is 0 Å². The second kappa shape index (κ2) is 4.74. The average Bonchev–Trinajstić information content (AvgIpc) is 3.18. The summed E-state index contributed by atoms with van der Waals surface area (Å²) in [4.78, 5) is 5.96. The van der Waals surface area contributed by atoms with Crippen molar-refractivity contribution < 1.29 is 4.74 Å². The van der Waals surface area contributed by atoms with E-state index in [2.05, 4.69) is 27.0 Å². The Labute approximate surface area is 122 Å². The van der Waals surface area contributed by atoms with Crippen LogP contribution >= 0.6 is 11.8 Å². The molecule has 3 heterocycles. The lowest BCUT2D eigenvalue weighted by Crippen LogP contribution is -2.24. The summed E-state index contributed by atoms with van der Waals surface area (Å²) in [5, 5.41) is 4.69. The molecule has 0 unspecified atom stereocenters. The van der Waals surface area contributed by atoms with Gasteiger partial charge in [-0.1, -0.05) is 0 Å². The Balaban J connectivity index is 1.86. The summed E-state index contributed by atoms with van der Waals surface area (Å²) in [6.45, 7) is 2.73. The lowest BCUT2D eigenvalue weighted by molar-refractivity contribution is 0.415. The van der Waals surface area contributed by atoms with Gasteiger partial charge < -0.3 is 14.6 Å². The molecule has 1 aromatic carbocycles. The molecule has 4 nitrogen and oxygen atoms in total. The largest absolute Gasteiger partial charge is 0.497 e. The van der Waals surface area contributed by atoms with Crippen molar-refractivity contribution in [2.24, 2.45) is 4.99 Å². The average molecular weight is 287 g/mol. The molecule has 1 aromatic heterocycles. The van der Waals surface area contributed by atoms with Crippen molar-refractivity contribution >= 4 is 28.5 Å². The molecule has 0 amide bonds. The van der Waals surface area contributed by atoms with E-state index in [4.69, 9.17) is 4.74 Å². The van der Waals surface area contributed by atoms with Gasteiger partial charge in [-0.3, -0.25) is 4.99 Å². The predicted octanol–water partition coefficient (Wildman–Crippen LogP) is 2.30. The molecule has 0 saturated carbocycles. The maximum atomic E-state index is 5.37. The Morgan fingerprint density at radius 2 is 2.40 bits per heavy atom. The van der Waals surface area contributed by atoms with Gasteiger partial charge in [0.15, 0.2) is 0 Å². The lowest BCUT2D eigenvalue weighted by Gasteiger charge is -2.10. The first-order valence-electron chi connectivity index (χ1n) is 6.96. The molecule has 0 aliphatic carbocycles. The van der Waals surface area contributed by atoms with Crippen molar-refractivity contribution in [3.05, 3.63) is 23.9 Å². The smallest absolute Gasteiger partial charge is 0.119 e. The third-order valence-corrected chi connectivity index (χ3v) is 5.12. The number of ether oxygens (including phenoxy) is 1. The monoisotopic (exact) mass is 287 g/mol. The first kappa shape index (κ1) is 12.1. The van der Waals surface area contributed by atoms with E-state index in [1.807, 2.05) is 17.8 Å². The summed E-state index contributed by atoms with van der Waals surface area (Å²) >= 11 is 1.96. The first-order valence-corrected chi connectivity index (χ1v) is 7.94. The van der Waals surface area contributed by atoms with Crippen molar-refractivity contribution in [1.29, 1.82) is 0 Å². The number of fused-ring (bicyclic) bond motifs is 3. The molecule has 0 bridgehead atoms. The summed E-state index contributed by atoms with van der Waals surface area (Å²) in [5.41, 5.74) is 2.74. The number of hydrogen-bond acceptors (Lipinski definition) is 4. The maximum Gasteiger partial charge on any atom is 0.119 e. The van der Waals surface area contributed by atoms with Crippen molar-refractivity contribution in [3.63, 3.8) is 0 Å². The minimum Gasteiger partial charge on any atom is -0.497 e. The van der Waals surface area contributed by atoms with E-state index in [0.29, 0.717) is 0 Å². The van der Waals surface area contributed by atoms with Crippen molar-refractivity contribution in [2.75, 3.05) is 26.0 Å². The summed E-state index contributed by atoms with van der Waals surface area (Å²) < 4.78 is 7.79. The van der Waals surface area contributed by atoms with Gasteiger partial charge in [-0.2, -0.15) is 0 Å². The highest BCUT2D eigenvalue weighted by molar-refractivity contribution is 7.99. The summed E-state index contributed by atoms with van der Waals surface area (Å²) in [5.74, 6) is 3.22. The van der Waals surface area contributed by atoms with Crippen LogP contribution in [-0.2, 0) is 13.0 Å². The standard InChI is InChI=1S/C15H17N3OS/c1-19-10-2-3-12-11(8-10)15-13(4-7-20-15)18(12)9-14-16-5-6-17-14/h2-3,8H,4-7,9H2,1H3,(H,16,17). The zero-order valence-electron chi connectivity index (χ0n) is 11.5. The SMILES string of the molecule is COc1ccc2c(c1)c1c(n2CC2=NCCN2)CCS1. The highest BCUT2D eigenvalue weighted by atomic mass is 32.2. The molecule has 4 rings (SSSR count). The third kappa shape index (κ3) is 1.80. The quantitative estimate of drug-likeness (QED) is 0.941. The molecule has 5 heteroatoms. The van der Waals surface area contributed by atoms with Gasteiger partial charge in [0, 0.05) is 28.3 Å². The summed E-state index contributed by atoms with van der Waals surface area (Å²) in [7, 11) is 1.72. The van der Waals surface area contributed by atoms with Crippen LogP contribution in [0.25, 0.3) is 10.9 Å². The number of aromatic nitrogens is 1. The minimum absolute atomic E-state index is 0.860. The van der Waals surface area contributed by atoms with E-state index in [-0.39, 0.29) is 0 Å². The fourth-order valence-corrected chi connectivity index (χ4v) is 4.22. The lowest BCUT2D eigenvalue weighted by atomic mass is 10.2. The van der Waals surface area contributed by atoms with Gasteiger partial charge in [-0.25, -0.2) is 0 Å². The molecule has 0 spiro atoms. The number of amidine groups is 1. The highest BCUT2D eigenvalue weighted by Crippen LogP contribution is 2.41. The number of hydrogen-bond donors (Lipinski definition) is 1. The van der Waals surface area contributed by atoms with Crippen LogP contribution in [0.15, 0.2) is 28.1 Å². The molecule has 104 valence electrons. The van der Waals surface area contributed by atoms with Crippen molar-refractivity contribution in [1.82, 2.24) is 9.88 Å². The van der Waals surface area contributed by atoms with Crippen LogP contribution in [0.1, 0.15) is 5.69 Å². The number of thioether (sulfide) groups is 1. The zero-order valence-corrected chi connectivity index (χ0v) is 12.3. The number of aliphatic imine (C=N–C) groups is 1. The summed E-state index contributed by atoms with van der Waals surface area (Å²) in [6, 6.07) is 6.37. The van der Waals surface area contributed by atoms with E-state index in [9.17, 15) is 0 Å². The van der Waals surface area contributed by atoms with E-state index in [1.165, 1.54) is 27.2 Å². The Hall–Kier alpha value is -1.62. The first-order chi connectivity index (χ1) is 9.86. The van der Waals surface area contributed by atoms with E-state index < -0.39 is 0 Å². The number of methoxy groups -OCH3 is 1. The van der Waals surface area contributed by atoms with Crippen molar-refractivity contribution in [3.8, 4) is 5.75 Å². The molecule has 0 fully saturated rings. The van der Waals surface area contributed by atoms with Gasteiger partial charge in [0.25, 0.3) is 0 Å². The second-order valence-electron chi connectivity index (χ2n) is 5.10. The number of nitrogens with one attached hydrogen (secondary N) is 1. The second-order valence-corrected chi connectivity index (χ2v) is 6.20. The molecule has 2 aliphatic heterocycles. The van der Waals surface area contributed by atoms with Gasteiger partial charge in [0.2, 0.25) is 0 Å². The predicted molar refractivity (Wildman–Crippen MR) is 83.2 cm³/mol. The Bertz CT molecular complexity index is 705. The molecule has 0 saturated heterocycles. The highest BCUT2D eigenvalue weighted by Gasteiger charge is 2.23. The third-order valence-electron chi connectivity index (χ3n) is 3.96. The minimum atomic E-state index is 0.860. The molecule has 0 atom stereocenters. The van der Waals surface area contributed by atoms with E-state index in [0.717, 1.165) is 37.6 Å².